The Kier molecular flexibility index (Phi) is 4.36. The molecule has 19 heavy (non-hydrogen) atoms. The fourth-order valence-electron chi connectivity index (χ4n) is 2.02. The number of carboxylic acids is 1. The zero-order chi connectivity index (χ0) is 14.0. The first-order valence-corrected chi connectivity index (χ1v) is 6.79. The molecule has 0 amide bonds. The third kappa shape index (κ3) is 3.42. The highest BCUT2D eigenvalue weighted by Gasteiger charge is 2.25. The van der Waals surface area contributed by atoms with Crippen LogP contribution in [-0.4, -0.2) is 42.2 Å². The highest BCUT2D eigenvalue weighted by Crippen LogP contribution is 2.36. The summed E-state index contributed by atoms with van der Waals surface area (Å²) >= 11 is 0.580. The topological polar surface area (TPSA) is 49.8 Å². The summed E-state index contributed by atoms with van der Waals surface area (Å²) < 4.78 is 30.8. The first kappa shape index (κ1) is 14.2. The first-order chi connectivity index (χ1) is 8.97. The van der Waals surface area contributed by atoms with Gasteiger partial charge in [-0.1, -0.05) is 0 Å². The van der Waals surface area contributed by atoms with Crippen LogP contribution in [0.15, 0.2) is 6.07 Å². The van der Waals surface area contributed by atoms with Gasteiger partial charge in [0.05, 0.1) is 4.88 Å². The Labute approximate surface area is 113 Å². The van der Waals surface area contributed by atoms with Gasteiger partial charge in [-0.25, -0.2) is 13.6 Å². The van der Waals surface area contributed by atoms with Gasteiger partial charge in [0, 0.05) is 19.2 Å². The molecule has 1 aromatic rings. The van der Waals surface area contributed by atoms with Crippen LogP contribution in [0.2, 0.25) is 0 Å². The number of carbonyl (C=O) groups is 1. The van der Waals surface area contributed by atoms with E-state index in [1.54, 1.807) is 0 Å². The van der Waals surface area contributed by atoms with E-state index in [-0.39, 0.29) is 21.6 Å². The fraction of sp³-hybridized carbons (Fsp3) is 0.583. The van der Waals surface area contributed by atoms with Crippen LogP contribution >= 0.6 is 11.3 Å². The molecule has 1 saturated heterocycles. The average Bonchev–Trinajstić information content (AvgIpc) is 2.76. The monoisotopic (exact) mass is 291 g/mol. The Hall–Kier alpha value is -1.21. The van der Waals surface area contributed by atoms with Gasteiger partial charge in [-0.3, -0.25) is 0 Å². The van der Waals surface area contributed by atoms with Crippen LogP contribution in [0.1, 0.15) is 33.8 Å². The lowest BCUT2D eigenvalue weighted by molar-refractivity contribution is 0.0688. The van der Waals surface area contributed by atoms with Gasteiger partial charge in [-0.2, -0.15) is 0 Å². The number of nitrogens with zero attached hydrogens (tertiary/aromatic N) is 1. The number of rotatable bonds is 4. The summed E-state index contributed by atoms with van der Waals surface area (Å²) in [5.41, 5.74) is 0. The Balaban J connectivity index is 2.12. The largest absolute Gasteiger partial charge is 0.489 e. The van der Waals surface area contributed by atoms with Crippen molar-refractivity contribution in [1.29, 1.82) is 0 Å². The molecular weight excluding hydrogens is 276 g/mol. The van der Waals surface area contributed by atoms with Crippen LogP contribution in [0.4, 0.5) is 8.78 Å². The molecule has 0 aliphatic carbocycles. The van der Waals surface area contributed by atoms with Crippen molar-refractivity contribution in [2.45, 2.75) is 25.4 Å². The minimum Gasteiger partial charge on any atom is -0.489 e. The predicted molar refractivity (Wildman–Crippen MR) is 67.4 cm³/mol. The summed E-state index contributed by atoms with van der Waals surface area (Å²) in [5, 5.41) is 9.01. The van der Waals surface area contributed by atoms with E-state index < -0.39 is 12.4 Å². The van der Waals surface area contributed by atoms with E-state index in [1.807, 2.05) is 7.05 Å². The molecule has 0 aromatic carbocycles. The molecule has 4 nitrogen and oxygen atoms in total. The van der Waals surface area contributed by atoms with Crippen molar-refractivity contribution in [3.05, 3.63) is 15.8 Å². The second-order valence-electron chi connectivity index (χ2n) is 4.57. The van der Waals surface area contributed by atoms with Crippen LogP contribution in [0.3, 0.4) is 0 Å². The molecule has 0 saturated carbocycles. The number of aromatic carboxylic acids is 1. The van der Waals surface area contributed by atoms with E-state index in [1.165, 1.54) is 0 Å². The van der Waals surface area contributed by atoms with Gasteiger partial charge in [-0.05, 0) is 19.9 Å². The van der Waals surface area contributed by atoms with Gasteiger partial charge < -0.3 is 14.7 Å². The highest BCUT2D eigenvalue weighted by atomic mass is 32.1. The second kappa shape index (κ2) is 5.83. The summed E-state index contributed by atoms with van der Waals surface area (Å²) in [6.07, 6.45) is -1.22. The van der Waals surface area contributed by atoms with E-state index in [0.29, 0.717) is 11.3 Å². The fourth-order valence-corrected chi connectivity index (χ4v) is 2.80. The van der Waals surface area contributed by atoms with Gasteiger partial charge in [0.2, 0.25) is 0 Å². The number of thiophene rings is 1. The molecule has 2 heterocycles. The number of hydrogen-bond donors (Lipinski definition) is 1. The first-order valence-electron chi connectivity index (χ1n) is 5.97. The van der Waals surface area contributed by atoms with Crippen molar-refractivity contribution < 1.29 is 23.4 Å². The van der Waals surface area contributed by atoms with Crippen molar-refractivity contribution in [2.75, 3.05) is 20.1 Å². The number of hydrogen-bond acceptors (Lipinski definition) is 4. The smallest absolute Gasteiger partial charge is 0.349 e. The molecule has 1 aromatic heterocycles. The Morgan fingerprint density at radius 2 is 2.16 bits per heavy atom. The highest BCUT2D eigenvalue weighted by molar-refractivity contribution is 7.14. The molecule has 0 radical (unpaired) electrons. The molecule has 0 bridgehead atoms. The maximum atomic E-state index is 12.6. The third-order valence-electron chi connectivity index (χ3n) is 3.09. The van der Waals surface area contributed by atoms with E-state index in [9.17, 15) is 13.6 Å². The Morgan fingerprint density at radius 3 is 2.68 bits per heavy atom. The van der Waals surface area contributed by atoms with Crippen LogP contribution in [0.5, 0.6) is 5.75 Å². The molecule has 0 unspecified atom stereocenters. The lowest BCUT2D eigenvalue weighted by atomic mass is 10.1. The normalized spacial score (nSPS) is 17.9. The molecule has 1 N–H and O–H groups in total. The summed E-state index contributed by atoms with van der Waals surface area (Å²) in [7, 11) is 2.00. The number of alkyl halides is 2. The van der Waals surface area contributed by atoms with Crippen molar-refractivity contribution in [3.8, 4) is 5.75 Å². The summed E-state index contributed by atoms with van der Waals surface area (Å²) in [5.74, 6) is -1.15. The lowest BCUT2D eigenvalue weighted by Gasteiger charge is -2.29. The minimum atomic E-state index is -2.67. The van der Waals surface area contributed by atoms with Crippen LogP contribution < -0.4 is 4.74 Å². The summed E-state index contributed by atoms with van der Waals surface area (Å²) in [6.45, 7) is 1.72. The van der Waals surface area contributed by atoms with Gasteiger partial charge >= 0.3 is 5.97 Å². The second-order valence-corrected chi connectivity index (χ2v) is 5.65. The summed E-state index contributed by atoms with van der Waals surface area (Å²) in [6, 6.07) is 1.15. The zero-order valence-corrected chi connectivity index (χ0v) is 11.3. The zero-order valence-electron chi connectivity index (χ0n) is 10.4. The predicted octanol–water partition coefficient (Wildman–Crippen LogP) is 2.86. The number of carboxylic acid groups (broad SMARTS) is 1. The Bertz CT molecular complexity index is 456. The van der Waals surface area contributed by atoms with Crippen molar-refractivity contribution in [3.63, 3.8) is 0 Å². The van der Waals surface area contributed by atoms with Crippen molar-refractivity contribution in [2.24, 2.45) is 0 Å². The number of piperidine rings is 1. The Morgan fingerprint density at radius 1 is 1.53 bits per heavy atom. The quantitative estimate of drug-likeness (QED) is 0.926. The lowest BCUT2D eigenvalue weighted by Crippen LogP contribution is -2.35. The molecule has 0 spiro atoms. The molecule has 1 aliphatic heterocycles. The van der Waals surface area contributed by atoms with Crippen LogP contribution in [0.25, 0.3) is 0 Å². The van der Waals surface area contributed by atoms with Gasteiger partial charge in [-0.15, -0.1) is 11.3 Å². The molecule has 106 valence electrons. The standard InChI is InChI=1S/C12H15F2NO3S/c1-15-4-2-7(3-5-15)18-8-6-9(11(13)14)19-10(8)12(16)17/h6-7,11H,2-5H2,1H3,(H,16,17). The number of likely N-dealkylation sites (tertiary alicyclic amines) is 1. The van der Waals surface area contributed by atoms with Crippen LogP contribution in [-0.2, 0) is 0 Å². The molecule has 7 heteroatoms. The van der Waals surface area contributed by atoms with E-state index >= 15 is 0 Å². The molecular formula is C12H15F2NO3S. The maximum Gasteiger partial charge on any atom is 0.349 e. The van der Waals surface area contributed by atoms with Gasteiger partial charge in [0.15, 0.2) is 4.88 Å². The maximum absolute atomic E-state index is 12.6. The SMILES string of the molecule is CN1CCC(Oc2cc(C(F)F)sc2C(=O)O)CC1. The molecule has 1 aliphatic rings. The van der Waals surface area contributed by atoms with E-state index in [2.05, 4.69) is 4.90 Å². The minimum absolute atomic E-state index is 0.0716. The van der Waals surface area contributed by atoms with E-state index in [0.717, 1.165) is 32.0 Å². The summed E-state index contributed by atoms with van der Waals surface area (Å²) in [4.78, 5) is 12.8. The molecule has 1 fully saturated rings. The number of ether oxygens (including phenoxy) is 1. The van der Waals surface area contributed by atoms with Gasteiger partial charge in [0.25, 0.3) is 6.43 Å². The molecule has 2 rings (SSSR count). The number of halogens is 2. The van der Waals surface area contributed by atoms with Crippen molar-refractivity contribution >= 4 is 17.3 Å². The van der Waals surface area contributed by atoms with Crippen LogP contribution in [0, 0.1) is 0 Å². The van der Waals surface area contributed by atoms with Gasteiger partial charge in [0.1, 0.15) is 11.9 Å². The average molecular weight is 291 g/mol. The van der Waals surface area contributed by atoms with Crippen molar-refractivity contribution in [1.82, 2.24) is 4.90 Å². The third-order valence-corrected chi connectivity index (χ3v) is 4.20. The van der Waals surface area contributed by atoms with E-state index in [4.69, 9.17) is 9.84 Å². The molecule has 0 atom stereocenters.